The second-order valence-electron chi connectivity index (χ2n) is 9.40. The lowest BCUT2D eigenvalue weighted by Gasteiger charge is -2.28. The van der Waals surface area contributed by atoms with Gasteiger partial charge in [0.25, 0.3) is 0 Å². The van der Waals surface area contributed by atoms with Crippen molar-refractivity contribution in [1.82, 2.24) is 10.2 Å². The second-order valence-corrected chi connectivity index (χ2v) is 9.40. The van der Waals surface area contributed by atoms with Crippen LogP contribution in [0.4, 0.5) is 5.69 Å². The quantitative estimate of drug-likeness (QED) is 0.501. The molecule has 2 aliphatic heterocycles. The molecule has 2 N–H and O–H groups in total. The van der Waals surface area contributed by atoms with Crippen molar-refractivity contribution in [2.45, 2.75) is 58.8 Å². The minimum atomic E-state index is 0.265. The lowest BCUT2D eigenvalue weighted by atomic mass is 9.79. The number of nitrogens with zero attached hydrogens (tertiary/aromatic N) is 1. The van der Waals surface area contributed by atoms with Crippen molar-refractivity contribution >= 4 is 5.69 Å². The summed E-state index contributed by atoms with van der Waals surface area (Å²) in [5, 5.41) is 7.13. The van der Waals surface area contributed by atoms with Gasteiger partial charge >= 0.3 is 0 Å². The number of hydrogen-bond donors (Lipinski definition) is 2. The van der Waals surface area contributed by atoms with Crippen LogP contribution in [-0.2, 0) is 0 Å². The van der Waals surface area contributed by atoms with Gasteiger partial charge in [0.1, 0.15) is 0 Å². The molecule has 0 bridgehead atoms. The van der Waals surface area contributed by atoms with Crippen LogP contribution in [0.15, 0.2) is 66.0 Å². The Balaban J connectivity index is 1.57. The van der Waals surface area contributed by atoms with Crippen LogP contribution in [0.25, 0.3) is 0 Å². The fraction of sp³-hybridized carbons (Fsp3) is 0.448. The number of anilines is 1. The highest BCUT2D eigenvalue weighted by molar-refractivity contribution is 5.53. The van der Waals surface area contributed by atoms with Gasteiger partial charge in [0.15, 0.2) is 0 Å². The van der Waals surface area contributed by atoms with Crippen LogP contribution in [0, 0.1) is 13.8 Å². The molecule has 3 nitrogen and oxygen atoms in total. The predicted molar refractivity (Wildman–Crippen MR) is 137 cm³/mol. The highest BCUT2D eigenvalue weighted by Crippen LogP contribution is 2.39. The molecule has 0 spiro atoms. The summed E-state index contributed by atoms with van der Waals surface area (Å²) in [6, 6.07) is 15.8. The summed E-state index contributed by atoms with van der Waals surface area (Å²) >= 11 is 0. The maximum absolute atomic E-state index is 3.70. The zero-order valence-electron chi connectivity index (χ0n) is 20.1. The Kier molecular flexibility index (Phi) is 7.70. The molecule has 2 aromatic carbocycles. The molecule has 32 heavy (non-hydrogen) atoms. The highest BCUT2D eigenvalue weighted by atomic mass is 15.1. The van der Waals surface area contributed by atoms with Crippen molar-refractivity contribution in [1.29, 1.82) is 0 Å². The van der Waals surface area contributed by atoms with E-state index in [9.17, 15) is 0 Å². The molecular weight excluding hydrogens is 390 g/mol. The average molecular weight is 430 g/mol. The van der Waals surface area contributed by atoms with Crippen molar-refractivity contribution in [3.05, 3.63) is 88.3 Å². The molecular formula is C29H39N3. The van der Waals surface area contributed by atoms with Crippen molar-refractivity contribution in [3.8, 4) is 0 Å². The first kappa shape index (κ1) is 22.7. The normalized spacial score (nSPS) is 17.8. The molecule has 1 atom stereocenters. The number of aryl methyl sites for hydroxylation is 1. The van der Waals surface area contributed by atoms with E-state index in [-0.39, 0.29) is 5.92 Å². The highest BCUT2D eigenvalue weighted by Gasteiger charge is 2.23. The molecule has 0 aliphatic carbocycles. The van der Waals surface area contributed by atoms with E-state index in [4.69, 9.17) is 0 Å². The number of piperidine rings is 1. The number of hydrogen-bond acceptors (Lipinski definition) is 3. The van der Waals surface area contributed by atoms with Crippen LogP contribution < -0.4 is 10.6 Å². The van der Waals surface area contributed by atoms with Crippen LogP contribution >= 0.6 is 0 Å². The molecule has 1 unspecified atom stereocenters. The standard InChI is InChI=1S/C29H39N3/c1-4-24-18-26(21-30-20-24)29(28-13-8-10-22(2)23(28)3)25-11-9-12-27(19-25)31-14-17-32-15-6-5-7-16-32/h8-13,19-21,29-31H,4-7,14-18H2,1-3H3. The number of benzene rings is 2. The van der Waals surface area contributed by atoms with Gasteiger partial charge in [-0.05, 0) is 98.8 Å². The van der Waals surface area contributed by atoms with Gasteiger partial charge in [-0.15, -0.1) is 0 Å². The number of rotatable bonds is 8. The Morgan fingerprint density at radius 1 is 1.00 bits per heavy atom. The summed E-state index contributed by atoms with van der Waals surface area (Å²) < 4.78 is 0. The number of dihydropyridines is 1. The fourth-order valence-corrected chi connectivity index (χ4v) is 5.09. The zero-order valence-corrected chi connectivity index (χ0v) is 20.1. The number of allylic oxidation sites excluding steroid dienone is 2. The van der Waals surface area contributed by atoms with Crippen LogP contribution in [0.3, 0.4) is 0 Å². The van der Waals surface area contributed by atoms with Crippen molar-refractivity contribution in [2.75, 3.05) is 31.5 Å². The third-order valence-electron chi connectivity index (χ3n) is 7.20. The Morgan fingerprint density at radius 2 is 1.81 bits per heavy atom. The lowest BCUT2D eigenvalue weighted by molar-refractivity contribution is 0.237. The van der Waals surface area contributed by atoms with E-state index >= 15 is 0 Å². The largest absolute Gasteiger partial charge is 0.384 e. The molecule has 2 aliphatic rings. The first-order valence-corrected chi connectivity index (χ1v) is 12.4. The van der Waals surface area contributed by atoms with Gasteiger partial charge < -0.3 is 15.5 Å². The summed E-state index contributed by atoms with van der Waals surface area (Å²) in [4.78, 5) is 2.59. The van der Waals surface area contributed by atoms with E-state index in [2.05, 4.69) is 91.2 Å². The topological polar surface area (TPSA) is 27.3 Å². The third-order valence-corrected chi connectivity index (χ3v) is 7.20. The second kappa shape index (κ2) is 10.9. The Bertz CT molecular complexity index is 966. The van der Waals surface area contributed by atoms with E-state index < -0.39 is 0 Å². The summed E-state index contributed by atoms with van der Waals surface area (Å²) in [5.74, 6) is 0.265. The summed E-state index contributed by atoms with van der Waals surface area (Å²) in [7, 11) is 0. The van der Waals surface area contributed by atoms with E-state index in [1.165, 1.54) is 71.4 Å². The minimum Gasteiger partial charge on any atom is -0.384 e. The van der Waals surface area contributed by atoms with E-state index in [1.54, 1.807) is 0 Å². The third kappa shape index (κ3) is 5.45. The SMILES string of the molecule is CCC1=CNC=C(C(c2cccc(NCCN3CCCCC3)c2)c2cccc(C)c2C)C1. The van der Waals surface area contributed by atoms with Gasteiger partial charge in [-0.1, -0.05) is 49.2 Å². The molecule has 4 rings (SSSR count). The first-order chi connectivity index (χ1) is 15.7. The summed E-state index contributed by atoms with van der Waals surface area (Å²) in [5.41, 5.74) is 9.68. The average Bonchev–Trinajstić information content (AvgIpc) is 2.83. The molecule has 1 fully saturated rings. The predicted octanol–water partition coefficient (Wildman–Crippen LogP) is 6.50. The van der Waals surface area contributed by atoms with E-state index in [0.717, 1.165) is 25.9 Å². The van der Waals surface area contributed by atoms with Gasteiger partial charge in [0.2, 0.25) is 0 Å². The fourth-order valence-electron chi connectivity index (χ4n) is 5.09. The maximum Gasteiger partial charge on any atom is 0.0343 e. The van der Waals surface area contributed by atoms with Crippen LogP contribution in [-0.4, -0.2) is 31.1 Å². The Hall–Kier alpha value is -2.52. The minimum absolute atomic E-state index is 0.265. The molecule has 0 radical (unpaired) electrons. The van der Waals surface area contributed by atoms with E-state index in [0.29, 0.717) is 0 Å². The molecule has 0 amide bonds. The Labute approximate surface area is 194 Å². The molecule has 3 heteroatoms. The van der Waals surface area contributed by atoms with Crippen molar-refractivity contribution in [2.24, 2.45) is 0 Å². The van der Waals surface area contributed by atoms with Gasteiger partial charge in [-0.2, -0.15) is 0 Å². The molecule has 0 aromatic heterocycles. The summed E-state index contributed by atoms with van der Waals surface area (Å²) in [6.07, 6.45) is 10.6. The van der Waals surface area contributed by atoms with Crippen LogP contribution in [0.5, 0.6) is 0 Å². The zero-order chi connectivity index (χ0) is 22.3. The number of nitrogens with one attached hydrogen (secondary N) is 2. The van der Waals surface area contributed by atoms with Crippen molar-refractivity contribution in [3.63, 3.8) is 0 Å². The van der Waals surface area contributed by atoms with Crippen LogP contribution in [0.1, 0.15) is 67.2 Å². The smallest absolute Gasteiger partial charge is 0.0343 e. The molecule has 170 valence electrons. The maximum atomic E-state index is 3.70. The van der Waals surface area contributed by atoms with Gasteiger partial charge in [0.05, 0.1) is 0 Å². The van der Waals surface area contributed by atoms with Gasteiger partial charge in [-0.25, -0.2) is 0 Å². The Morgan fingerprint density at radius 3 is 2.62 bits per heavy atom. The van der Waals surface area contributed by atoms with Crippen molar-refractivity contribution < 1.29 is 0 Å². The monoisotopic (exact) mass is 429 g/mol. The molecule has 1 saturated heterocycles. The molecule has 2 aromatic rings. The van der Waals surface area contributed by atoms with Gasteiger partial charge in [-0.3, -0.25) is 0 Å². The number of likely N-dealkylation sites (tertiary alicyclic amines) is 1. The van der Waals surface area contributed by atoms with Gasteiger partial charge in [0, 0.05) is 30.9 Å². The summed E-state index contributed by atoms with van der Waals surface area (Å²) in [6.45, 7) is 11.4. The van der Waals surface area contributed by atoms with Crippen LogP contribution in [0.2, 0.25) is 0 Å². The molecule has 2 heterocycles. The van der Waals surface area contributed by atoms with E-state index in [1.807, 2.05) is 0 Å². The first-order valence-electron chi connectivity index (χ1n) is 12.4. The molecule has 0 saturated carbocycles. The lowest BCUT2D eigenvalue weighted by Crippen LogP contribution is -2.33.